The lowest BCUT2D eigenvalue weighted by Gasteiger charge is -2.38. The number of rotatable bonds is 12. The van der Waals surface area contributed by atoms with Gasteiger partial charge in [-0.2, -0.15) is 17.4 Å². The molecule has 1 aliphatic heterocycles. The van der Waals surface area contributed by atoms with Crippen molar-refractivity contribution in [3.63, 3.8) is 0 Å². The molecule has 3 aromatic rings. The highest BCUT2D eigenvalue weighted by atomic mass is 32.2. The minimum atomic E-state index is -4.55. The number of carbonyl (C=O) groups excluding carboxylic acids is 1. The normalized spacial score (nSPS) is 18.7. The maximum absolute atomic E-state index is 13.4. The molecule has 224 valence electrons. The summed E-state index contributed by atoms with van der Waals surface area (Å²) in [5, 5.41) is 11.2. The number of halogens is 3. The van der Waals surface area contributed by atoms with Crippen LogP contribution in [0, 0.1) is 0 Å². The second-order valence-corrected chi connectivity index (χ2v) is 11.1. The molecule has 2 heterocycles. The average molecular weight is 603 g/mol. The minimum absolute atomic E-state index is 0.0123. The Balaban J connectivity index is 1.49. The summed E-state index contributed by atoms with van der Waals surface area (Å²) >= 11 is -2.17. The third kappa shape index (κ3) is 7.70. The van der Waals surface area contributed by atoms with Gasteiger partial charge in [0, 0.05) is 30.3 Å². The van der Waals surface area contributed by atoms with Crippen LogP contribution in [0.5, 0.6) is 5.88 Å². The zero-order valence-corrected chi connectivity index (χ0v) is 24.1. The lowest BCUT2D eigenvalue weighted by Crippen LogP contribution is -2.41. The maximum Gasteiger partial charge on any atom is 0.417 e. The van der Waals surface area contributed by atoms with Crippen LogP contribution in [0.15, 0.2) is 84.3 Å². The van der Waals surface area contributed by atoms with E-state index >= 15 is 0 Å². The van der Waals surface area contributed by atoms with E-state index < -0.39 is 40.5 Å². The molecular weight excluding hydrogens is 569 g/mol. The summed E-state index contributed by atoms with van der Waals surface area (Å²) in [5.74, 6) is -1.28. The van der Waals surface area contributed by atoms with Crippen LogP contribution >= 0.6 is 0 Å². The number of aliphatic hydroxyl groups excluding tert-OH is 1. The van der Waals surface area contributed by atoms with Crippen LogP contribution < -0.4 is 8.91 Å². The van der Waals surface area contributed by atoms with E-state index in [4.69, 9.17) is 8.92 Å². The smallest absolute Gasteiger partial charge is 0.417 e. The molecule has 4 rings (SSSR count). The standard InChI is InChI=1S/C31H33F3N2O5S/c1-3-16-30(17-15-21-9-6-5-7-10-21)19-26(37)28(29(38)40-30)25(4-2)22-11-8-12-24(18-22)36-42(39)41-27-14-13-23(20-35-27)31(32,33)34/h5-14,18,20,25,36-37H,3-4,15-17,19H2,1-2H3/t25-,30-,42?/m0/s1. The van der Waals surface area contributed by atoms with E-state index in [-0.39, 0.29) is 23.6 Å². The molecule has 0 bridgehead atoms. The van der Waals surface area contributed by atoms with Crippen molar-refractivity contribution in [2.75, 3.05) is 4.72 Å². The van der Waals surface area contributed by atoms with Crippen molar-refractivity contribution in [3.05, 3.63) is 101 Å². The van der Waals surface area contributed by atoms with Crippen LogP contribution in [0.25, 0.3) is 0 Å². The van der Waals surface area contributed by atoms with Crippen LogP contribution in [-0.4, -0.2) is 25.9 Å². The molecule has 0 amide bonds. The topological polar surface area (TPSA) is 97.8 Å². The number of ether oxygens (including phenoxy) is 1. The maximum atomic E-state index is 13.4. The lowest BCUT2D eigenvalue weighted by molar-refractivity contribution is -0.161. The second kappa shape index (κ2) is 13.4. The number of esters is 1. The van der Waals surface area contributed by atoms with Crippen molar-refractivity contribution in [1.29, 1.82) is 0 Å². The van der Waals surface area contributed by atoms with Gasteiger partial charge < -0.3 is 14.0 Å². The Labute approximate surface area is 245 Å². The molecule has 7 nitrogen and oxygen atoms in total. The van der Waals surface area contributed by atoms with Gasteiger partial charge in [0.1, 0.15) is 11.4 Å². The fourth-order valence-corrected chi connectivity index (χ4v) is 5.86. The Hall–Kier alpha value is -3.86. The minimum Gasteiger partial charge on any atom is -0.512 e. The molecule has 2 N–H and O–H groups in total. The van der Waals surface area contributed by atoms with Crippen LogP contribution in [0.3, 0.4) is 0 Å². The number of pyridine rings is 1. The number of nitrogens with one attached hydrogen (secondary N) is 1. The first kappa shape index (κ1) is 31.1. The number of aliphatic hydroxyl groups is 1. The summed E-state index contributed by atoms with van der Waals surface area (Å²) in [4.78, 5) is 17.0. The number of nitrogens with zero attached hydrogens (tertiary/aromatic N) is 1. The number of carbonyl (C=O) groups is 1. The summed E-state index contributed by atoms with van der Waals surface area (Å²) in [5.41, 5.74) is 0.643. The number of hydrogen-bond donors (Lipinski definition) is 2. The highest BCUT2D eigenvalue weighted by molar-refractivity contribution is 7.81. The fraction of sp³-hybridized carbons (Fsp3) is 0.355. The first-order valence-electron chi connectivity index (χ1n) is 13.7. The molecule has 0 saturated carbocycles. The molecule has 0 radical (unpaired) electrons. The molecule has 0 spiro atoms. The van der Waals surface area contributed by atoms with Crippen LogP contribution in [0.2, 0.25) is 0 Å². The van der Waals surface area contributed by atoms with Gasteiger partial charge >= 0.3 is 23.4 Å². The van der Waals surface area contributed by atoms with E-state index in [1.807, 2.05) is 44.2 Å². The van der Waals surface area contributed by atoms with Gasteiger partial charge in [-0.25, -0.2) is 9.78 Å². The molecule has 0 fully saturated rings. The van der Waals surface area contributed by atoms with Crippen LogP contribution in [0.1, 0.15) is 68.6 Å². The van der Waals surface area contributed by atoms with Crippen LogP contribution in [0.4, 0.5) is 18.9 Å². The van der Waals surface area contributed by atoms with Crippen molar-refractivity contribution >= 4 is 22.9 Å². The Bertz CT molecular complexity index is 1430. The van der Waals surface area contributed by atoms with Crippen molar-refractivity contribution < 1.29 is 36.2 Å². The zero-order chi connectivity index (χ0) is 30.3. The largest absolute Gasteiger partial charge is 0.512 e. The quantitative estimate of drug-likeness (QED) is 0.207. The molecule has 0 saturated heterocycles. The average Bonchev–Trinajstić information content (AvgIpc) is 2.94. The Kier molecular flexibility index (Phi) is 9.93. The van der Waals surface area contributed by atoms with Gasteiger partial charge in [0.2, 0.25) is 5.88 Å². The number of anilines is 1. The first-order valence-corrected chi connectivity index (χ1v) is 14.8. The van der Waals surface area contributed by atoms with Gasteiger partial charge in [0.05, 0.1) is 11.1 Å². The first-order chi connectivity index (χ1) is 20.0. The highest BCUT2D eigenvalue weighted by Crippen LogP contribution is 2.42. The van der Waals surface area contributed by atoms with E-state index in [1.54, 1.807) is 24.3 Å². The Morgan fingerprint density at radius 3 is 2.48 bits per heavy atom. The Morgan fingerprint density at radius 2 is 1.86 bits per heavy atom. The van der Waals surface area contributed by atoms with Crippen molar-refractivity contribution in [1.82, 2.24) is 4.98 Å². The van der Waals surface area contributed by atoms with Crippen molar-refractivity contribution in [2.24, 2.45) is 0 Å². The number of aryl methyl sites for hydroxylation is 1. The summed E-state index contributed by atoms with van der Waals surface area (Å²) in [6, 6.07) is 18.5. The molecule has 2 aromatic carbocycles. The molecular formula is C31H33F3N2O5S. The number of aromatic nitrogens is 1. The monoisotopic (exact) mass is 602 g/mol. The molecule has 42 heavy (non-hydrogen) atoms. The molecule has 11 heteroatoms. The molecule has 1 aromatic heterocycles. The van der Waals surface area contributed by atoms with Crippen molar-refractivity contribution in [3.8, 4) is 5.88 Å². The number of alkyl halides is 3. The molecule has 1 unspecified atom stereocenters. The predicted molar refractivity (Wildman–Crippen MR) is 154 cm³/mol. The predicted octanol–water partition coefficient (Wildman–Crippen LogP) is 7.59. The second-order valence-electron chi connectivity index (χ2n) is 10.2. The third-order valence-corrected chi connectivity index (χ3v) is 7.94. The fourth-order valence-electron chi connectivity index (χ4n) is 5.24. The third-order valence-electron chi connectivity index (χ3n) is 7.22. The highest BCUT2D eigenvalue weighted by Gasteiger charge is 2.43. The van der Waals surface area contributed by atoms with Crippen molar-refractivity contribution in [2.45, 2.75) is 70.1 Å². The SMILES string of the molecule is CCC[C@]1(CCc2ccccc2)CC(O)=C([C@@H](CC)c2cccc(NS(=O)Oc3ccc(C(F)(F)F)cn3)c2)C(=O)O1. The van der Waals surface area contributed by atoms with E-state index in [2.05, 4.69) is 9.71 Å². The van der Waals surface area contributed by atoms with Gasteiger partial charge in [-0.3, -0.25) is 4.72 Å². The summed E-state index contributed by atoms with van der Waals surface area (Å²) in [7, 11) is 0. The van der Waals surface area contributed by atoms with E-state index in [1.165, 1.54) is 0 Å². The van der Waals surface area contributed by atoms with Crippen LogP contribution in [-0.2, 0) is 33.4 Å². The van der Waals surface area contributed by atoms with Gasteiger partial charge in [0.15, 0.2) is 0 Å². The van der Waals surface area contributed by atoms with Gasteiger partial charge in [0.25, 0.3) is 0 Å². The van der Waals surface area contributed by atoms with Gasteiger partial charge in [-0.1, -0.05) is 62.7 Å². The van der Waals surface area contributed by atoms with E-state index in [0.29, 0.717) is 43.1 Å². The molecule has 1 aliphatic rings. The number of cyclic esters (lactones) is 1. The summed E-state index contributed by atoms with van der Waals surface area (Å²) in [6.45, 7) is 3.90. The Morgan fingerprint density at radius 1 is 1.10 bits per heavy atom. The zero-order valence-electron chi connectivity index (χ0n) is 23.3. The molecule has 3 atom stereocenters. The number of hydrogen-bond acceptors (Lipinski definition) is 6. The summed E-state index contributed by atoms with van der Waals surface area (Å²) in [6.07, 6.45) is -0.534. The number of benzene rings is 2. The van der Waals surface area contributed by atoms with E-state index in [9.17, 15) is 27.3 Å². The lowest BCUT2D eigenvalue weighted by atomic mass is 9.80. The summed E-state index contributed by atoms with van der Waals surface area (Å²) < 4.78 is 64.6. The van der Waals surface area contributed by atoms with E-state index in [0.717, 1.165) is 24.1 Å². The van der Waals surface area contributed by atoms with Gasteiger partial charge in [-0.05, 0) is 55.0 Å². The molecule has 0 aliphatic carbocycles. The van der Waals surface area contributed by atoms with Gasteiger partial charge in [-0.15, -0.1) is 0 Å².